The van der Waals surface area contributed by atoms with Crippen LogP contribution < -0.4 is 0 Å². The molecule has 0 fully saturated rings. The van der Waals surface area contributed by atoms with E-state index in [0.29, 0.717) is 0 Å². The normalized spacial score (nSPS) is 13.1. The predicted molar refractivity (Wildman–Crippen MR) is 214 cm³/mol. The highest BCUT2D eigenvalue weighted by Gasteiger charge is 2.38. The summed E-state index contributed by atoms with van der Waals surface area (Å²) in [4.78, 5) is 10.5. The van der Waals surface area contributed by atoms with Gasteiger partial charge in [-0.3, -0.25) is 0 Å². The second-order valence-corrected chi connectivity index (χ2v) is 14.2. The van der Waals surface area contributed by atoms with Crippen LogP contribution in [0.3, 0.4) is 0 Å². The molecule has 0 N–H and O–H groups in total. The summed E-state index contributed by atoms with van der Waals surface area (Å²) in [6.07, 6.45) is 0. The van der Waals surface area contributed by atoms with E-state index in [-0.39, 0.29) is 5.41 Å². The number of hydrogen-bond acceptors (Lipinski definition) is 2. The van der Waals surface area contributed by atoms with Gasteiger partial charge in [0, 0.05) is 22.1 Å². The van der Waals surface area contributed by atoms with Crippen LogP contribution in [-0.4, -0.2) is 9.97 Å². The highest BCUT2D eigenvalue weighted by molar-refractivity contribution is 6.09. The molecule has 51 heavy (non-hydrogen) atoms. The van der Waals surface area contributed by atoms with Crippen molar-refractivity contribution in [3.8, 4) is 56.2 Å². The van der Waals surface area contributed by atoms with Gasteiger partial charge < -0.3 is 0 Å². The van der Waals surface area contributed by atoms with Crippen LogP contribution in [0, 0.1) is 0 Å². The third kappa shape index (κ3) is 4.64. The molecule has 0 saturated carbocycles. The molecule has 8 aromatic carbocycles. The predicted octanol–water partition coefficient (Wildman–Crippen LogP) is 12.9. The van der Waals surface area contributed by atoms with E-state index in [1.165, 1.54) is 60.3 Å². The summed E-state index contributed by atoms with van der Waals surface area (Å²) >= 11 is 0. The minimum atomic E-state index is -0.123. The van der Waals surface area contributed by atoms with Gasteiger partial charge in [-0.1, -0.05) is 166 Å². The average molecular weight is 651 g/mol. The van der Waals surface area contributed by atoms with Crippen molar-refractivity contribution in [2.45, 2.75) is 19.3 Å². The number of aromatic nitrogens is 2. The van der Waals surface area contributed by atoms with Gasteiger partial charge in [-0.2, -0.15) is 0 Å². The van der Waals surface area contributed by atoms with E-state index in [2.05, 4.69) is 178 Å². The standard InChI is InChI=1S/C49H34N2/c1-49(2)43-22-12-21-40(46(43)42-26-25-32-14-8-9-18-36(32)47(42)49)39-27-28-41(38-20-11-10-19-37(38)39)48-50-44(33-15-4-3-5-16-33)30-45(51-48)35-24-23-31-13-6-7-17-34(31)29-35/h3-30H,1-2H3. The zero-order valence-corrected chi connectivity index (χ0v) is 28.6. The molecule has 0 radical (unpaired) electrons. The van der Waals surface area contributed by atoms with Crippen LogP contribution in [0.15, 0.2) is 170 Å². The third-order valence-corrected chi connectivity index (χ3v) is 10.9. The Morgan fingerprint density at radius 3 is 1.80 bits per heavy atom. The number of nitrogens with zero attached hydrogens (tertiary/aromatic N) is 2. The maximum atomic E-state index is 5.28. The average Bonchev–Trinajstić information content (AvgIpc) is 3.44. The summed E-state index contributed by atoms with van der Waals surface area (Å²) in [6, 6.07) is 61.1. The smallest absolute Gasteiger partial charge is 0.161 e. The number of fused-ring (bicyclic) bond motifs is 7. The van der Waals surface area contributed by atoms with Gasteiger partial charge in [-0.05, 0) is 83.9 Å². The zero-order valence-electron chi connectivity index (χ0n) is 28.6. The van der Waals surface area contributed by atoms with Crippen LogP contribution >= 0.6 is 0 Å². The van der Waals surface area contributed by atoms with Crippen molar-refractivity contribution in [3.63, 3.8) is 0 Å². The Morgan fingerprint density at radius 1 is 0.392 bits per heavy atom. The van der Waals surface area contributed by atoms with E-state index in [9.17, 15) is 0 Å². The summed E-state index contributed by atoms with van der Waals surface area (Å²) in [5.74, 6) is 0.721. The van der Waals surface area contributed by atoms with E-state index in [1.807, 2.05) is 6.07 Å². The Bertz CT molecular complexity index is 2830. The molecule has 0 spiro atoms. The molecule has 0 aliphatic heterocycles. The number of benzene rings is 8. The van der Waals surface area contributed by atoms with Crippen molar-refractivity contribution >= 4 is 32.3 Å². The fraction of sp³-hybridized carbons (Fsp3) is 0.0612. The van der Waals surface area contributed by atoms with Gasteiger partial charge in [0.1, 0.15) is 0 Å². The largest absolute Gasteiger partial charge is 0.228 e. The van der Waals surface area contributed by atoms with E-state index in [1.54, 1.807) is 0 Å². The lowest BCUT2D eigenvalue weighted by Crippen LogP contribution is -2.15. The summed E-state index contributed by atoms with van der Waals surface area (Å²) in [5.41, 5.74) is 12.8. The third-order valence-electron chi connectivity index (χ3n) is 10.9. The van der Waals surface area contributed by atoms with Gasteiger partial charge in [0.05, 0.1) is 11.4 Å². The van der Waals surface area contributed by atoms with Crippen molar-refractivity contribution < 1.29 is 0 Å². The molecule has 0 atom stereocenters. The Morgan fingerprint density at radius 2 is 1.00 bits per heavy atom. The second-order valence-electron chi connectivity index (χ2n) is 14.2. The highest BCUT2D eigenvalue weighted by Crippen LogP contribution is 2.55. The molecule has 2 nitrogen and oxygen atoms in total. The molecule has 9 aromatic rings. The summed E-state index contributed by atoms with van der Waals surface area (Å²) in [5, 5.41) is 7.36. The van der Waals surface area contributed by atoms with E-state index in [4.69, 9.17) is 9.97 Å². The zero-order chi connectivity index (χ0) is 34.1. The van der Waals surface area contributed by atoms with Gasteiger partial charge >= 0.3 is 0 Å². The summed E-state index contributed by atoms with van der Waals surface area (Å²) < 4.78 is 0. The highest BCUT2D eigenvalue weighted by atomic mass is 14.9. The lowest BCUT2D eigenvalue weighted by atomic mass is 9.80. The first kappa shape index (κ1) is 29.5. The van der Waals surface area contributed by atoms with Crippen molar-refractivity contribution in [1.82, 2.24) is 9.97 Å². The first-order valence-corrected chi connectivity index (χ1v) is 17.7. The summed E-state index contributed by atoms with van der Waals surface area (Å²) in [6.45, 7) is 4.75. The van der Waals surface area contributed by atoms with Gasteiger partial charge in [-0.25, -0.2) is 9.97 Å². The number of rotatable bonds is 4. The molecule has 0 bridgehead atoms. The van der Waals surface area contributed by atoms with Crippen molar-refractivity contribution in [2.75, 3.05) is 0 Å². The van der Waals surface area contributed by atoms with Crippen molar-refractivity contribution in [2.24, 2.45) is 0 Å². The van der Waals surface area contributed by atoms with Gasteiger partial charge in [0.25, 0.3) is 0 Å². The summed E-state index contributed by atoms with van der Waals surface area (Å²) in [7, 11) is 0. The van der Waals surface area contributed by atoms with Crippen LogP contribution in [-0.2, 0) is 5.41 Å². The fourth-order valence-electron chi connectivity index (χ4n) is 8.43. The molecule has 1 heterocycles. The van der Waals surface area contributed by atoms with E-state index < -0.39 is 0 Å². The molecule has 0 saturated heterocycles. The Balaban J connectivity index is 1.19. The van der Waals surface area contributed by atoms with Gasteiger partial charge in [0.15, 0.2) is 5.82 Å². The van der Waals surface area contributed by atoms with Crippen molar-refractivity contribution in [1.29, 1.82) is 0 Å². The van der Waals surface area contributed by atoms with E-state index in [0.717, 1.165) is 39.3 Å². The first-order valence-electron chi connectivity index (χ1n) is 17.7. The van der Waals surface area contributed by atoms with Crippen LogP contribution in [0.25, 0.3) is 88.5 Å². The molecule has 1 aliphatic rings. The quantitative estimate of drug-likeness (QED) is 0.189. The number of hydrogen-bond donors (Lipinski definition) is 0. The second kappa shape index (κ2) is 11.3. The first-order chi connectivity index (χ1) is 25.0. The molecule has 0 unspecified atom stereocenters. The molecule has 240 valence electrons. The maximum absolute atomic E-state index is 5.28. The Hall–Kier alpha value is -6.38. The molecular weight excluding hydrogens is 617 g/mol. The van der Waals surface area contributed by atoms with E-state index >= 15 is 0 Å². The molecule has 10 rings (SSSR count). The van der Waals surface area contributed by atoms with Crippen LogP contribution in [0.1, 0.15) is 25.0 Å². The fourth-order valence-corrected chi connectivity index (χ4v) is 8.43. The van der Waals surface area contributed by atoms with Gasteiger partial charge in [-0.15, -0.1) is 0 Å². The molecule has 0 amide bonds. The molecule has 2 heteroatoms. The Labute approximate surface area is 297 Å². The SMILES string of the molecule is CC1(C)c2cccc(-c3ccc(-c4nc(-c5ccccc5)cc(-c5ccc6ccccc6c5)n4)c4ccccc34)c2-c2ccc3ccccc3c21. The lowest BCUT2D eigenvalue weighted by molar-refractivity contribution is 0.666. The monoisotopic (exact) mass is 650 g/mol. The van der Waals surface area contributed by atoms with Gasteiger partial charge in [0.2, 0.25) is 0 Å². The van der Waals surface area contributed by atoms with Crippen LogP contribution in [0.4, 0.5) is 0 Å². The van der Waals surface area contributed by atoms with Crippen molar-refractivity contribution in [3.05, 3.63) is 181 Å². The Kier molecular flexibility index (Phi) is 6.56. The maximum Gasteiger partial charge on any atom is 0.161 e. The lowest BCUT2D eigenvalue weighted by Gasteiger charge is -2.23. The molecule has 1 aromatic heterocycles. The van der Waals surface area contributed by atoms with Crippen LogP contribution in [0.2, 0.25) is 0 Å². The topological polar surface area (TPSA) is 25.8 Å². The van der Waals surface area contributed by atoms with Crippen LogP contribution in [0.5, 0.6) is 0 Å². The minimum absolute atomic E-state index is 0.123. The molecule has 1 aliphatic carbocycles. The minimum Gasteiger partial charge on any atom is -0.228 e. The molecular formula is C49H34N2.